The second-order valence-corrected chi connectivity index (χ2v) is 8.40. The van der Waals surface area contributed by atoms with Gasteiger partial charge < -0.3 is 15.7 Å². The molecule has 0 unspecified atom stereocenters. The van der Waals surface area contributed by atoms with Crippen LogP contribution in [-0.2, 0) is 11.2 Å². The van der Waals surface area contributed by atoms with Crippen LogP contribution >= 0.6 is 0 Å². The molecule has 1 amide bonds. The molecule has 0 atom stereocenters. The fourth-order valence-electron chi connectivity index (χ4n) is 3.92. The molecule has 0 spiro atoms. The van der Waals surface area contributed by atoms with Gasteiger partial charge in [0.05, 0.1) is 11.3 Å². The predicted octanol–water partition coefficient (Wildman–Crippen LogP) is 2.99. The quantitative estimate of drug-likeness (QED) is 0.297. The highest BCUT2D eigenvalue weighted by Gasteiger charge is 2.23. The summed E-state index contributed by atoms with van der Waals surface area (Å²) in [5.41, 5.74) is 9.66. The van der Waals surface area contributed by atoms with Crippen LogP contribution in [0, 0.1) is 17.1 Å². The number of guanidine groups is 1. The molecular weight excluding hydrogens is 433 g/mol. The van der Waals surface area contributed by atoms with E-state index in [-0.39, 0.29) is 18.2 Å². The lowest BCUT2D eigenvalue weighted by atomic mass is 9.98. The Balaban J connectivity index is 2.16. The molecule has 1 saturated heterocycles. The normalized spacial score (nSPS) is 15.5. The van der Waals surface area contributed by atoms with Gasteiger partial charge in [-0.25, -0.2) is 9.38 Å². The van der Waals surface area contributed by atoms with Gasteiger partial charge in [0.1, 0.15) is 11.9 Å². The molecule has 0 bridgehead atoms. The molecule has 2 aromatic carbocycles. The summed E-state index contributed by atoms with van der Waals surface area (Å²) in [5, 5.41) is 18.3. The van der Waals surface area contributed by atoms with Crippen LogP contribution in [0.1, 0.15) is 42.0 Å². The average Bonchev–Trinajstić information content (AvgIpc) is 2.85. The number of aliphatic hydroxyl groups excluding tert-OH is 1. The molecule has 178 valence electrons. The van der Waals surface area contributed by atoms with E-state index in [1.54, 1.807) is 13.1 Å². The molecule has 7 nitrogen and oxygen atoms in total. The van der Waals surface area contributed by atoms with E-state index in [0.29, 0.717) is 43.1 Å². The van der Waals surface area contributed by atoms with E-state index in [1.165, 1.54) is 17.0 Å². The van der Waals surface area contributed by atoms with Crippen LogP contribution in [-0.4, -0.2) is 60.1 Å². The Morgan fingerprint density at radius 2 is 1.91 bits per heavy atom. The molecule has 1 aliphatic heterocycles. The standard InChI is InChI=1S/C26H30FN5O2/c1-18(20-5-3-19(4-6-20)11-14-33)25(21-7-8-22(16-28)24(27)15-21)30-26(31(2)17-34)32-12-9-23(29)10-13-32/h3-8,15,17,23,33H,9-14,29H2,1-2H3/b25-18+,30-26+. The van der Waals surface area contributed by atoms with Gasteiger partial charge in [-0.05, 0) is 55.0 Å². The molecule has 0 aliphatic carbocycles. The van der Waals surface area contributed by atoms with Crippen LogP contribution in [0.2, 0.25) is 0 Å². The van der Waals surface area contributed by atoms with E-state index in [9.17, 15) is 14.3 Å². The number of benzene rings is 2. The van der Waals surface area contributed by atoms with E-state index in [4.69, 9.17) is 16.0 Å². The maximum atomic E-state index is 14.6. The van der Waals surface area contributed by atoms with Gasteiger partial charge >= 0.3 is 0 Å². The van der Waals surface area contributed by atoms with E-state index < -0.39 is 5.82 Å². The number of amides is 1. The van der Waals surface area contributed by atoms with Crippen molar-refractivity contribution < 1.29 is 14.3 Å². The minimum atomic E-state index is -0.631. The Bertz CT molecular complexity index is 1110. The first-order valence-electron chi connectivity index (χ1n) is 11.3. The lowest BCUT2D eigenvalue weighted by Crippen LogP contribution is -2.48. The first-order chi connectivity index (χ1) is 16.4. The van der Waals surface area contributed by atoms with Gasteiger partial charge in [-0.2, -0.15) is 5.26 Å². The number of aliphatic hydroxyl groups is 1. The molecule has 1 heterocycles. The number of nitriles is 1. The summed E-state index contributed by atoms with van der Waals surface area (Å²) in [5.74, 6) is -0.175. The van der Waals surface area contributed by atoms with Gasteiger partial charge in [-0.3, -0.25) is 9.69 Å². The molecular formula is C26H30FN5O2. The second kappa shape index (κ2) is 11.5. The fourth-order valence-corrected chi connectivity index (χ4v) is 3.92. The summed E-state index contributed by atoms with van der Waals surface area (Å²) in [4.78, 5) is 20.0. The second-order valence-electron chi connectivity index (χ2n) is 8.40. The third-order valence-electron chi connectivity index (χ3n) is 6.01. The SMILES string of the molecule is C/C(=C(\N=C(/N(C)C=O)N1CCC(N)CC1)c1ccc(C#N)c(F)c1)c1ccc(CCO)cc1. The molecule has 1 aliphatic rings. The molecule has 0 radical (unpaired) electrons. The fraction of sp³-hybridized carbons (Fsp3) is 0.346. The molecule has 0 saturated carbocycles. The highest BCUT2D eigenvalue weighted by Crippen LogP contribution is 2.30. The molecule has 1 fully saturated rings. The highest BCUT2D eigenvalue weighted by molar-refractivity contribution is 5.98. The van der Waals surface area contributed by atoms with Crippen molar-refractivity contribution >= 4 is 23.6 Å². The number of likely N-dealkylation sites (tertiary alicyclic amines) is 1. The minimum absolute atomic E-state index is 0.0478. The number of rotatable bonds is 6. The molecule has 3 rings (SSSR count). The number of hydrogen-bond donors (Lipinski definition) is 2. The molecule has 34 heavy (non-hydrogen) atoms. The van der Waals surface area contributed by atoms with Crippen LogP contribution < -0.4 is 5.73 Å². The van der Waals surface area contributed by atoms with Crippen molar-refractivity contribution in [3.63, 3.8) is 0 Å². The summed E-state index contributed by atoms with van der Waals surface area (Å²) in [6.45, 7) is 3.26. The van der Waals surface area contributed by atoms with E-state index in [0.717, 1.165) is 29.5 Å². The van der Waals surface area contributed by atoms with Gasteiger partial charge in [-0.15, -0.1) is 0 Å². The van der Waals surface area contributed by atoms with E-state index in [1.807, 2.05) is 42.2 Å². The predicted molar refractivity (Wildman–Crippen MR) is 131 cm³/mol. The third-order valence-corrected chi connectivity index (χ3v) is 6.01. The Morgan fingerprint density at radius 1 is 1.26 bits per heavy atom. The number of aliphatic imine (C=N–C) groups is 1. The number of carbonyl (C=O) groups is 1. The monoisotopic (exact) mass is 463 g/mol. The number of allylic oxidation sites excluding steroid dienone is 1. The van der Waals surface area contributed by atoms with Crippen LogP contribution in [0.25, 0.3) is 11.3 Å². The summed E-state index contributed by atoms with van der Waals surface area (Å²) in [6, 6.07) is 14.1. The third kappa shape index (κ3) is 5.87. The number of nitrogens with two attached hydrogens (primary N) is 1. The summed E-state index contributed by atoms with van der Waals surface area (Å²) < 4.78 is 14.6. The van der Waals surface area contributed by atoms with Gasteiger partial charge in [0.2, 0.25) is 12.4 Å². The smallest absolute Gasteiger partial charge is 0.216 e. The van der Waals surface area contributed by atoms with Crippen molar-refractivity contribution in [3.8, 4) is 6.07 Å². The molecule has 8 heteroatoms. The maximum Gasteiger partial charge on any atom is 0.216 e. The van der Waals surface area contributed by atoms with Crippen LogP contribution in [0.4, 0.5) is 4.39 Å². The Morgan fingerprint density at radius 3 is 2.47 bits per heavy atom. The van der Waals surface area contributed by atoms with E-state index in [2.05, 4.69) is 0 Å². The zero-order valence-electron chi connectivity index (χ0n) is 19.5. The van der Waals surface area contributed by atoms with Gasteiger partial charge in [0, 0.05) is 38.3 Å². The number of carbonyl (C=O) groups excluding carboxylic acids is 1. The van der Waals surface area contributed by atoms with E-state index >= 15 is 0 Å². The summed E-state index contributed by atoms with van der Waals surface area (Å²) >= 11 is 0. The largest absolute Gasteiger partial charge is 0.396 e. The van der Waals surface area contributed by atoms with Crippen molar-refractivity contribution in [3.05, 3.63) is 70.5 Å². The van der Waals surface area contributed by atoms with Crippen molar-refractivity contribution in [2.75, 3.05) is 26.7 Å². The number of nitrogens with zero attached hydrogens (tertiary/aromatic N) is 4. The van der Waals surface area contributed by atoms with Crippen LogP contribution in [0.5, 0.6) is 0 Å². The van der Waals surface area contributed by atoms with Gasteiger partial charge in [0.25, 0.3) is 0 Å². The highest BCUT2D eigenvalue weighted by atomic mass is 19.1. The lowest BCUT2D eigenvalue weighted by molar-refractivity contribution is -0.114. The Labute approximate surface area is 199 Å². The van der Waals surface area contributed by atoms with Crippen LogP contribution in [0.15, 0.2) is 47.5 Å². The van der Waals surface area contributed by atoms with Crippen LogP contribution in [0.3, 0.4) is 0 Å². The van der Waals surface area contributed by atoms with Crippen molar-refractivity contribution in [1.29, 1.82) is 5.26 Å². The summed E-state index contributed by atoms with van der Waals surface area (Å²) in [6.07, 6.45) is 2.81. The minimum Gasteiger partial charge on any atom is -0.396 e. The van der Waals surface area contributed by atoms with Crippen molar-refractivity contribution in [2.24, 2.45) is 10.7 Å². The Hall–Kier alpha value is -3.54. The molecule has 2 aromatic rings. The average molecular weight is 464 g/mol. The number of halogens is 1. The van der Waals surface area contributed by atoms with Gasteiger partial charge in [0.15, 0.2) is 0 Å². The lowest BCUT2D eigenvalue weighted by Gasteiger charge is -2.34. The molecule has 3 N–H and O–H groups in total. The first kappa shape index (κ1) is 25.1. The van der Waals surface area contributed by atoms with Crippen molar-refractivity contribution in [1.82, 2.24) is 9.80 Å². The first-order valence-corrected chi connectivity index (χ1v) is 11.3. The van der Waals surface area contributed by atoms with Crippen molar-refractivity contribution in [2.45, 2.75) is 32.2 Å². The zero-order valence-corrected chi connectivity index (χ0v) is 19.5. The molecule has 0 aromatic heterocycles. The summed E-state index contributed by atoms with van der Waals surface area (Å²) in [7, 11) is 1.64. The Kier molecular flexibility index (Phi) is 8.52. The van der Waals surface area contributed by atoms with Gasteiger partial charge in [-0.1, -0.05) is 30.3 Å². The maximum absolute atomic E-state index is 14.6. The number of piperidine rings is 1. The number of hydrogen-bond acceptors (Lipinski definition) is 5. The topological polar surface area (TPSA) is 106 Å². The zero-order chi connectivity index (χ0) is 24.7.